The number of unbranched alkanes of at least 4 members (excludes halogenated alkanes) is 3. The van der Waals surface area contributed by atoms with Gasteiger partial charge in [-0.25, -0.2) is 0 Å². The van der Waals surface area contributed by atoms with Crippen molar-refractivity contribution >= 4 is 23.9 Å². The molecule has 1 rings (SSSR count). The van der Waals surface area contributed by atoms with E-state index >= 15 is 0 Å². The van der Waals surface area contributed by atoms with E-state index in [9.17, 15) is 49.8 Å². The highest BCUT2D eigenvalue weighted by Crippen LogP contribution is 2.26. The van der Waals surface area contributed by atoms with Gasteiger partial charge in [0.15, 0.2) is 0 Å². The molecule has 0 aliphatic rings. The molecule has 264 valence electrons. The zero-order valence-corrected chi connectivity index (χ0v) is 27.0. The fraction of sp³-hybridized carbons (Fsp3) is 0.793. The number of ether oxygens (including phenoxy) is 4. The van der Waals surface area contributed by atoms with Crippen LogP contribution in [-0.4, -0.2) is 129 Å². The van der Waals surface area contributed by atoms with Gasteiger partial charge in [-0.1, -0.05) is 11.6 Å². The van der Waals surface area contributed by atoms with E-state index in [1.165, 1.54) is 27.7 Å². The highest BCUT2D eigenvalue weighted by atomic mass is 16.6. The Hall–Kier alpha value is -3.22. The molecule has 0 fully saturated rings. The first kappa shape index (κ1) is 40.8. The minimum absolute atomic E-state index is 0.162. The molecular formula is C29H49N3O14. The minimum Gasteiger partial charge on any atom is -0.465 e. The Balaban J connectivity index is 2.71. The topological polar surface area (TPSA) is 257 Å². The highest BCUT2D eigenvalue weighted by molar-refractivity contribution is 5.81. The van der Waals surface area contributed by atoms with Gasteiger partial charge in [0.1, 0.15) is 47.2 Å². The molecule has 0 radical (unpaired) electrons. The Morgan fingerprint density at radius 2 is 1.02 bits per heavy atom. The van der Waals surface area contributed by atoms with E-state index in [1.54, 1.807) is 10.9 Å². The summed E-state index contributed by atoms with van der Waals surface area (Å²) in [5.41, 5.74) is -6.09. The Morgan fingerprint density at radius 1 is 0.609 bits per heavy atom. The van der Waals surface area contributed by atoms with Gasteiger partial charge in [0, 0.05) is 6.54 Å². The van der Waals surface area contributed by atoms with E-state index in [1.807, 2.05) is 0 Å². The molecule has 17 heteroatoms. The van der Waals surface area contributed by atoms with E-state index in [0.29, 0.717) is 18.7 Å². The van der Waals surface area contributed by atoms with E-state index in [0.717, 1.165) is 19.3 Å². The summed E-state index contributed by atoms with van der Waals surface area (Å²) >= 11 is 0. The second kappa shape index (κ2) is 18.8. The van der Waals surface area contributed by atoms with Crippen molar-refractivity contribution in [2.45, 2.75) is 66.5 Å². The number of aliphatic hydroxyl groups excluding tert-OH is 6. The third-order valence-electron chi connectivity index (χ3n) is 7.56. The van der Waals surface area contributed by atoms with Crippen LogP contribution in [0.15, 0.2) is 6.20 Å². The number of esters is 4. The van der Waals surface area contributed by atoms with Crippen LogP contribution in [-0.2, 0) is 51.3 Å². The van der Waals surface area contributed by atoms with Crippen LogP contribution < -0.4 is 0 Å². The number of carbonyl (C=O) groups is 4. The van der Waals surface area contributed by atoms with Gasteiger partial charge in [0.25, 0.3) is 0 Å². The first-order valence-electron chi connectivity index (χ1n) is 14.9. The first-order chi connectivity index (χ1) is 21.6. The van der Waals surface area contributed by atoms with Crippen molar-refractivity contribution in [3.63, 3.8) is 0 Å². The summed E-state index contributed by atoms with van der Waals surface area (Å²) in [4.78, 5) is 50.1. The average molecular weight is 664 g/mol. The van der Waals surface area contributed by atoms with Gasteiger partial charge in [0.2, 0.25) is 0 Å². The molecule has 0 bridgehead atoms. The van der Waals surface area contributed by atoms with Crippen LogP contribution in [0.2, 0.25) is 0 Å². The van der Waals surface area contributed by atoms with E-state index < -0.39 is 98.4 Å². The normalized spacial score (nSPS) is 12.5. The maximum atomic E-state index is 13.2. The molecule has 0 atom stereocenters. The molecule has 6 N–H and O–H groups in total. The van der Waals surface area contributed by atoms with Crippen LogP contribution in [0.25, 0.3) is 0 Å². The summed E-state index contributed by atoms with van der Waals surface area (Å²) < 4.78 is 22.4. The van der Waals surface area contributed by atoms with Gasteiger partial charge >= 0.3 is 23.9 Å². The molecule has 0 saturated heterocycles. The second-order valence-electron chi connectivity index (χ2n) is 12.4. The number of hydrogen-bond donors (Lipinski definition) is 6. The van der Waals surface area contributed by atoms with Crippen molar-refractivity contribution in [1.82, 2.24) is 15.0 Å². The summed E-state index contributed by atoms with van der Waals surface area (Å²) in [6.45, 7) is 0.306. The van der Waals surface area contributed by atoms with E-state index in [-0.39, 0.29) is 13.2 Å². The fourth-order valence-electron chi connectivity index (χ4n) is 3.39. The second-order valence-corrected chi connectivity index (χ2v) is 12.4. The van der Waals surface area contributed by atoms with Gasteiger partial charge in [-0.05, 0) is 47.0 Å². The smallest absolute Gasteiger partial charge is 0.319 e. The number of hydrogen-bond acceptors (Lipinski definition) is 16. The summed E-state index contributed by atoms with van der Waals surface area (Å²) in [5, 5.41) is 64.3. The number of aliphatic hydroxyl groups is 6. The molecule has 1 aromatic rings. The number of rotatable bonds is 23. The lowest BCUT2D eigenvalue weighted by atomic mass is 9.90. The van der Waals surface area contributed by atoms with E-state index in [4.69, 9.17) is 18.9 Å². The lowest BCUT2D eigenvalue weighted by Crippen LogP contribution is -2.45. The molecule has 0 saturated carbocycles. The minimum atomic E-state index is -1.76. The monoisotopic (exact) mass is 663 g/mol. The van der Waals surface area contributed by atoms with Gasteiger partial charge in [0.05, 0.1) is 52.4 Å². The van der Waals surface area contributed by atoms with Crippen LogP contribution in [0.4, 0.5) is 0 Å². The number of aromatic nitrogens is 3. The number of carbonyl (C=O) groups excluding carboxylic acids is 4. The van der Waals surface area contributed by atoms with E-state index in [2.05, 4.69) is 10.3 Å². The molecule has 1 aromatic heterocycles. The van der Waals surface area contributed by atoms with Crippen LogP contribution in [0.3, 0.4) is 0 Å². The Bertz CT molecular complexity index is 1080. The van der Waals surface area contributed by atoms with Crippen LogP contribution in [0.1, 0.15) is 59.1 Å². The third-order valence-corrected chi connectivity index (χ3v) is 7.56. The quantitative estimate of drug-likeness (QED) is 0.0442. The fourth-order valence-corrected chi connectivity index (χ4v) is 3.39. The number of aryl methyl sites for hydroxylation is 1. The number of nitrogens with zero attached hydrogens (tertiary/aromatic N) is 3. The molecular weight excluding hydrogens is 614 g/mol. The maximum Gasteiger partial charge on any atom is 0.319 e. The molecule has 0 aromatic carbocycles. The average Bonchev–Trinajstić information content (AvgIpc) is 3.53. The first-order valence-corrected chi connectivity index (χ1v) is 14.9. The molecule has 0 amide bonds. The predicted molar refractivity (Wildman–Crippen MR) is 156 cm³/mol. The van der Waals surface area contributed by atoms with Crippen LogP contribution in [0.5, 0.6) is 0 Å². The maximum absolute atomic E-state index is 13.2. The third kappa shape index (κ3) is 11.5. The van der Waals surface area contributed by atoms with Crippen molar-refractivity contribution < 1.29 is 68.8 Å². The summed E-state index contributed by atoms with van der Waals surface area (Å²) in [7, 11) is 0. The summed E-state index contributed by atoms with van der Waals surface area (Å²) in [5.74, 6) is -3.61. The Labute approximate surface area is 267 Å². The molecule has 0 spiro atoms. The molecule has 17 nitrogen and oxygen atoms in total. The summed E-state index contributed by atoms with van der Waals surface area (Å²) in [6, 6.07) is 0. The van der Waals surface area contributed by atoms with Gasteiger partial charge in [-0.15, -0.1) is 5.10 Å². The van der Waals surface area contributed by atoms with Crippen molar-refractivity contribution in [2.24, 2.45) is 21.7 Å². The zero-order valence-electron chi connectivity index (χ0n) is 27.0. The van der Waals surface area contributed by atoms with Gasteiger partial charge in [-0.3, -0.25) is 23.9 Å². The standard InChI is InChI=1S/C29H49N3O14/c1-26(13-33,14-34)22(39)43-10-8-6-5-7-9-32-11-21(30-31-32)12-44-25(42)29(4,19-45-23(40)27(2,15-35)16-36)20-46-24(41)28(3,17-37)18-38/h11,33-38H,5-10,12-20H2,1-4H3. The molecule has 0 aliphatic heterocycles. The van der Waals surface area contributed by atoms with Crippen molar-refractivity contribution in [1.29, 1.82) is 0 Å². The Morgan fingerprint density at radius 3 is 1.48 bits per heavy atom. The SMILES string of the molecule is CC(CO)(CO)C(=O)OCCCCCCn1cc(COC(=O)C(C)(COC(=O)C(C)(CO)CO)COC(=O)C(C)(CO)CO)nn1. The van der Waals surface area contributed by atoms with Crippen molar-refractivity contribution in [3.8, 4) is 0 Å². The van der Waals surface area contributed by atoms with Crippen molar-refractivity contribution in [2.75, 3.05) is 59.5 Å². The molecule has 0 aliphatic carbocycles. The van der Waals surface area contributed by atoms with Gasteiger partial charge in [-0.2, -0.15) is 0 Å². The van der Waals surface area contributed by atoms with Gasteiger partial charge < -0.3 is 49.6 Å². The largest absolute Gasteiger partial charge is 0.465 e. The Kier molecular flexibility index (Phi) is 16.7. The molecule has 46 heavy (non-hydrogen) atoms. The van der Waals surface area contributed by atoms with Crippen molar-refractivity contribution in [3.05, 3.63) is 11.9 Å². The van der Waals surface area contributed by atoms with Crippen LogP contribution >= 0.6 is 0 Å². The summed E-state index contributed by atoms with van der Waals surface area (Å²) in [6.07, 6.45) is 4.42. The zero-order chi connectivity index (χ0) is 35.0. The lowest BCUT2D eigenvalue weighted by molar-refractivity contribution is -0.179. The highest BCUT2D eigenvalue weighted by Gasteiger charge is 2.43. The molecule has 0 unspecified atom stereocenters. The lowest BCUT2D eigenvalue weighted by Gasteiger charge is -2.30. The molecule has 1 heterocycles. The predicted octanol–water partition coefficient (Wildman–Crippen LogP) is -1.51. The van der Waals surface area contributed by atoms with Crippen LogP contribution in [0, 0.1) is 21.7 Å².